The summed E-state index contributed by atoms with van der Waals surface area (Å²) in [5.41, 5.74) is 2.00. The third kappa shape index (κ3) is 4.46. The van der Waals surface area contributed by atoms with E-state index in [0.29, 0.717) is 34.2 Å². The lowest BCUT2D eigenvalue weighted by atomic mass is 10.2. The van der Waals surface area contributed by atoms with Gasteiger partial charge >= 0.3 is 0 Å². The average Bonchev–Trinajstić information content (AvgIpc) is 2.66. The lowest BCUT2D eigenvalue weighted by molar-refractivity contribution is -0.116. The van der Waals surface area contributed by atoms with E-state index in [1.54, 1.807) is 37.3 Å². The number of nitrogens with one attached hydrogen (secondary N) is 1. The molecule has 0 radical (unpaired) electrons. The molecule has 0 aliphatic heterocycles. The summed E-state index contributed by atoms with van der Waals surface area (Å²) in [6.07, 6.45) is 0.582. The molecule has 3 rings (SSSR count). The van der Waals surface area contributed by atoms with Crippen molar-refractivity contribution in [2.75, 3.05) is 5.32 Å². The maximum absolute atomic E-state index is 13.5. The Hall–Kier alpha value is -2.99. The standard InChI is InChI=1S/C21H19ClFN3O2/c1-3-17-11-20(28)26(21(24-17)14-5-4-6-15(22)9-14)12-19(27)25-18-10-16(23)8-7-13(18)2/h4-11H,3,12H2,1-2H3,(H,25,27). The zero-order chi connectivity index (χ0) is 20.3. The van der Waals surface area contributed by atoms with Crippen LogP contribution in [0.2, 0.25) is 5.02 Å². The fourth-order valence-electron chi connectivity index (χ4n) is 2.80. The Balaban J connectivity index is 1.98. The highest BCUT2D eigenvalue weighted by atomic mass is 35.5. The monoisotopic (exact) mass is 399 g/mol. The number of rotatable bonds is 5. The van der Waals surface area contributed by atoms with Crippen LogP contribution in [0.5, 0.6) is 0 Å². The fourth-order valence-corrected chi connectivity index (χ4v) is 2.99. The van der Waals surface area contributed by atoms with Gasteiger partial charge in [0.25, 0.3) is 5.56 Å². The Morgan fingerprint density at radius 3 is 2.71 bits per heavy atom. The minimum atomic E-state index is -0.454. The van der Waals surface area contributed by atoms with E-state index in [9.17, 15) is 14.0 Å². The summed E-state index contributed by atoms with van der Waals surface area (Å²) in [5, 5.41) is 3.15. The van der Waals surface area contributed by atoms with Crippen molar-refractivity contribution >= 4 is 23.2 Å². The molecular weight excluding hydrogens is 381 g/mol. The highest BCUT2D eigenvalue weighted by Crippen LogP contribution is 2.21. The predicted octanol–water partition coefficient (Wildman–Crippen LogP) is 4.21. The highest BCUT2D eigenvalue weighted by Gasteiger charge is 2.15. The summed E-state index contributed by atoms with van der Waals surface area (Å²) in [7, 11) is 0. The smallest absolute Gasteiger partial charge is 0.254 e. The van der Waals surface area contributed by atoms with Crippen molar-refractivity contribution in [3.05, 3.63) is 81.0 Å². The molecule has 3 aromatic rings. The van der Waals surface area contributed by atoms with E-state index in [1.165, 1.54) is 22.8 Å². The molecule has 2 aromatic carbocycles. The lowest BCUT2D eigenvalue weighted by Gasteiger charge is -2.14. The molecule has 1 heterocycles. The summed E-state index contributed by atoms with van der Waals surface area (Å²) in [6.45, 7) is 3.40. The number of nitrogens with zero attached hydrogens (tertiary/aromatic N) is 2. The van der Waals surface area contributed by atoms with Gasteiger partial charge in [0.2, 0.25) is 5.91 Å². The normalized spacial score (nSPS) is 10.7. The topological polar surface area (TPSA) is 64.0 Å². The molecule has 0 bridgehead atoms. The van der Waals surface area contributed by atoms with Crippen molar-refractivity contribution in [2.45, 2.75) is 26.8 Å². The number of carbonyl (C=O) groups is 1. The van der Waals surface area contributed by atoms with Crippen LogP contribution in [0.15, 0.2) is 53.3 Å². The Kier molecular flexibility index (Phi) is 5.90. The van der Waals surface area contributed by atoms with Gasteiger partial charge in [-0.3, -0.25) is 14.2 Å². The number of hydrogen-bond donors (Lipinski definition) is 1. The molecule has 0 atom stereocenters. The molecular formula is C21H19ClFN3O2. The molecule has 7 heteroatoms. The van der Waals surface area contributed by atoms with E-state index in [-0.39, 0.29) is 12.1 Å². The SMILES string of the molecule is CCc1cc(=O)n(CC(=O)Nc2cc(F)ccc2C)c(-c2cccc(Cl)c2)n1. The van der Waals surface area contributed by atoms with E-state index in [1.807, 2.05) is 6.92 Å². The second kappa shape index (κ2) is 8.35. The van der Waals surface area contributed by atoms with Crippen LogP contribution in [-0.4, -0.2) is 15.5 Å². The van der Waals surface area contributed by atoms with E-state index < -0.39 is 11.7 Å². The first-order chi connectivity index (χ1) is 13.4. The Labute approximate surface area is 166 Å². The number of aromatic nitrogens is 2. The maximum atomic E-state index is 13.5. The fraction of sp³-hybridized carbons (Fsp3) is 0.190. The van der Waals surface area contributed by atoms with Gasteiger partial charge in [-0.1, -0.05) is 36.7 Å². The molecule has 28 heavy (non-hydrogen) atoms. The molecule has 144 valence electrons. The number of halogens is 2. The van der Waals surface area contributed by atoms with Crippen molar-refractivity contribution < 1.29 is 9.18 Å². The molecule has 0 saturated carbocycles. The van der Waals surface area contributed by atoms with Crippen molar-refractivity contribution in [1.82, 2.24) is 9.55 Å². The van der Waals surface area contributed by atoms with E-state index in [0.717, 1.165) is 5.56 Å². The molecule has 5 nitrogen and oxygen atoms in total. The lowest BCUT2D eigenvalue weighted by Crippen LogP contribution is -2.30. The number of anilines is 1. The third-order valence-electron chi connectivity index (χ3n) is 4.28. The van der Waals surface area contributed by atoms with Crippen molar-refractivity contribution in [1.29, 1.82) is 0 Å². The molecule has 0 fully saturated rings. The number of amides is 1. The van der Waals surface area contributed by atoms with E-state index in [2.05, 4.69) is 10.3 Å². The van der Waals surface area contributed by atoms with Gasteiger partial charge in [-0.25, -0.2) is 9.37 Å². The zero-order valence-electron chi connectivity index (χ0n) is 15.5. The molecule has 1 aromatic heterocycles. The van der Waals surface area contributed by atoms with Gasteiger partial charge < -0.3 is 5.32 Å². The van der Waals surface area contributed by atoms with Crippen LogP contribution in [0.25, 0.3) is 11.4 Å². The Bertz CT molecular complexity index is 1100. The predicted molar refractivity (Wildman–Crippen MR) is 108 cm³/mol. The van der Waals surface area contributed by atoms with Crippen LogP contribution in [0.1, 0.15) is 18.2 Å². The second-order valence-corrected chi connectivity index (χ2v) is 6.80. The summed E-state index contributed by atoms with van der Waals surface area (Å²) in [5.74, 6) is -0.547. The van der Waals surface area contributed by atoms with E-state index >= 15 is 0 Å². The van der Waals surface area contributed by atoms with Crippen LogP contribution in [-0.2, 0) is 17.8 Å². The maximum Gasteiger partial charge on any atom is 0.254 e. The number of aryl methyl sites for hydroxylation is 2. The Morgan fingerprint density at radius 2 is 2.00 bits per heavy atom. The molecule has 0 saturated heterocycles. The van der Waals surface area contributed by atoms with Gasteiger partial charge in [0.15, 0.2) is 0 Å². The number of benzene rings is 2. The molecule has 0 unspecified atom stereocenters. The highest BCUT2D eigenvalue weighted by molar-refractivity contribution is 6.30. The largest absolute Gasteiger partial charge is 0.324 e. The first-order valence-electron chi connectivity index (χ1n) is 8.80. The number of carbonyl (C=O) groups excluding carboxylic acids is 1. The molecule has 0 spiro atoms. The summed E-state index contributed by atoms with van der Waals surface area (Å²) < 4.78 is 14.8. The van der Waals surface area contributed by atoms with Crippen LogP contribution in [0, 0.1) is 12.7 Å². The summed E-state index contributed by atoms with van der Waals surface area (Å²) >= 11 is 6.08. The third-order valence-corrected chi connectivity index (χ3v) is 4.52. The summed E-state index contributed by atoms with van der Waals surface area (Å²) in [4.78, 5) is 29.7. The second-order valence-electron chi connectivity index (χ2n) is 6.37. The first kappa shape index (κ1) is 19.8. The van der Waals surface area contributed by atoms with Gasteiger partial charge in [-0.05, 0) is 43.2 Å². The Morgan fingerprint density at radius 1 is 1.21 bits per heavy atom. The zero-order valence-corrected chi connectivity index (χ0v) is 16.3. The van der Waals surface area contributed by atoms with Gasteiger partial charge in [-0.2, -0.15) is 0 Å². The van der Waals surface area contributed by atoms with Crippen molar-refractivity contribution in [3.63, 3.8) is 0 Å². The first-order valence-corrected chi connectivity index (χ1v) is 9.18. The van der Waals surface area contributed by atoms with Gasteiger partial charge in [0, 0.05) is 28.0 Å². The van der Waals surface area contributed by atoms with Crippen LogP contribution >= 0.6 is 11.6 Å². The van der Waals surface area contributed by atoms with Gasteiger partial charge in [0.05, 0.1) is 0 Å². The minimum Gasteiger partial charge on any atom is -0.324 e. The van der Waals surface area contributed by atoms with Crippen LogP contribution in [0.3, 0.4) is 0 Å². The van der Waals surface area contributed by atoms with Crippen molar-refractivity contribution in [2.24, 2.45) is 0 Å². The quantitative estimate of drug-likeness (QED) is 0.698. The molecule has 1 N–H and O–H groups in total. The van der Waals surface area contributed by atoms with Gasteiger partial charge in [0.1, 0.15) is 18.2 Å². The van der Waals surface area contributed by atoms with Gasteiger partial charge in [-0.15, -0.1) is 0 Å². The molecule has 1 amide bonds. The minimum absolute atomic E-state index is 0.256. The van der Waals surface area contributed by atoms with Crippen LogP contribution in [0.4, 0.5) is 10.1 Å². The van der Waals surface area contributed by atoms with Crippen molar-refractivity contribution in [3.8, 4) is 11.4 Å². The number of hydrogen-bond acceptors (Lipinski definition) is 3. The molecule has 0 aliphatic rings. The van der Waals surface area contributed by atoms with Crippen LogP contribution < -0.4 is 10.9 Å². The summed E-state index contributed by atoms with van der Waals surface area (Å²) in [6, 6.07) is 12.5. The molecule has 0 aliphatic carbocycles. The van der Waals surface area contributed by atoms with E-state index in [4.69, 9.17) is 11.6 Å². The average molecular weight is 400 g/mol.